The summed E-state index contributed by atoms with van der Waals surface area (Å²) in [6.07, 6.45) is 4.29. The molecule has 70 valence electrons. The first-order valence-electron chi connectivity index (χ1n) is 4.13. The Bertz CT molecular complexity index is 271. The van der Waals surface area contributed by atoms with Gasteiger partial charge in [0.2, 0.25) is 5.91 Å². The fourth-order valence-electron chi connectivity index (χ4n) is 1.22. The molecular weight excluding hydrogens is 169 g/mol. The van der Waals surface area contributed by atoms with Crippen LogP contribution in [0.2, 0.25) is 0 Å². The average Bonchev–Trinajstić information content (AvgIpc) is 2.17. The third kappa shape index (κ3) is 2.43. The van der Waals surface area contributed by atoms with Gasteiger partial charge in [0.25, 0.3) is 0 Å². The van der Waals surface area contributed by atoms with Crippen LogP contribution in [0.1, 0.15) is 12.8 Å². The molecule has 0 bridgehead atoms. The lowest BCUT2D eigenvalue weighted by atomic mass is 9.74. The van der Waals surface area contributed by atoms with Gasteiger partial charge in [0.15, 0.2) is 0 Å². The molecule has 0 radical (unpaired) electrons. The molecule has 1 aliphatic rings. The Balaban J connectivity index is 2.70. The maximum absolute atomic E-state index is 11.1. The molecule has 5 heteroatoms. The first kappa shape index (κ1) is 10.0. The Kier molecular flexibility index (Phi) is 3.28. The van der Waals surface area contributed by atoms with Gasteiger partial charge >= 0.3 is 7.12 Å². The lowest BCUT2D eigenvalue weighted by Crippen LogP contribution is -2.23. The zero-order chi connectivity index (χ0) is 9.84. The summed E-state index contributed by atoms with van der Waals surface area (Å²) in [6.45, 7) is 0. The van der Waals surface area contributed by atoms with Crippen molar-refractivity contribution < 1.29 is 14.8 Å². The number of rotatable bonds is 2. The average molecular weight is 181 g/mol. The third-order valence-electron chi connectivity index (χ3n) is 2.03. The van der Waals surface area contributed by atoms with Gasteiger partial charge in [-0.2, -0.15) is 0 Å². The molecule has 0 saturated heterocycles. The van der Waals surface area contributed by atoms with Gasteiger partial charge in [-0.15, -0.1) is 0 Å². The number of likely N-dealkylation sites (N-methyl/N-ethyl adjacent to an activating group) is 1. The zero-order valence-electron chi connectivity index (χ0n) is 7.45. The molecule has 1 rings (SSSR count). The van der Waals surface area contributed by atoms with Crippen molar-refractivity contribution in [1.82, 2.24) is 5.32 Å². The van der Waals surface area contributed by atoms with E-state index in [-0.39, 0.29) is 5.91 Å². The van der Waals surface area contributed by atoms with Gasteiger partial charge in [0.05, 0.1) is 0 Å². The number of amides is 1. The van der Waals surface area contributed by atoms with Crippen LogP contribution in [-0.4, -0.2) is 30.1 Å². The largest absolute Gasteiger partial charge is 0.484 e. The Hall–Kier alpha value is -1.07. The first-order valence-corrected chi connectivity index (χ1v) is 4.13. The van der Waals surface area contributed by atoms with E-state index < -0.39 is 7.12 Å². The molecule has 0 fully saturated rings. The van der Waals surface area contributed by atoms with Crippen molar-refractivity contribution in [2.24, 2.45) is 0 Å². The van der Waals surface area contributed by atoms with E-state index in [0.717, 1.165) is 0 Å². The topological polar surface area (TPSA) is 69.6 Å². The molecule has 0 heterocycles. The van der Waals surface area contributed by atoms with E-state index in [1.165, 1.54) is 0 Å². The van der Waals surface area contributed by atoms with Crippen LogP contribution in [0.3, 0.4) is 0 Å². The first-order chi connectivity index (χ1) is 6.15. The van der Waals surface area contributed by atoms with Gasteiger partial charge in [-0.25, -0.2) is 0 Å². The van der Waals surface area contributed by atoms with Gasteiger partial charge in [0, 0.05) is 12.6 Å². The van der Waals surface area contributed by atoms with E-state index in [1.54, 1.807) is 19.2 Å². The zero-order valence-corrected chi connectivity index (χ0v) is 7.45. The van der Waals surface area contributed by atoms with E-state index in [4.69, 9.17) is 10.0 Å². The van der Waals surface area contributed by atoms with E-state index in [9.17, 15) is 4.79 Å². The number of carbonyl (C=O) groups excluding carboxylic acids is 1. The molecule has 0 aliphatic heterocycles. The molecule has 0 unspecified atom stereocenters. The van der Waals surface area contributed by atoms with Crippen molar-refractivity contribution in [3.05, 3.63) is 23.2 Å². The molecule has 0 saturated carbocycles. The van der Waals surface area contributed by atoms with E-state index >= 15 is 0 Å². The Morgan fingerprint density at radius 3 is 2.54 bits per heavy atom. The maximum atomic E-state index is 11.1. The predicted octanol–water partition coefficient (Wildman–Crippen LogP) is -0.609. The number of hydrogen-bond donors (Lipinski definition) is 3. The number of allylic oxidation sites excluding steroid dienone is 3. The second-order valence-electron chi connectivity index (χ2n) is 2.89. The molecule has 4 nitrogen and oxygen atoms in total. The molecule has 0 aromatic rings. The maximum Gasteiger partial charge on any atom is 0.484 e. The summed E-state index contributed by atoms with van der Waals surface area (Å²) in [6, 6.07) is 0. The molecular formula is C8H12BNO3. The second kappa shape index (κ2) is 4.25. The van der Waals surface area contributed by atoms with Crippen molar-refractivity contribution in [3.8, 4) is 0 Å². The molecule has 0 atom stereocenters. The minimum Gasteiger partial charge on any atom is -0.423 e. The van der Waals surface area contributed by atoms with Crippen molar-refractivity contribution in [2.75, 3.05) is 7.05 Å². The lowest BCUT2D eigenvalue weighted by molar-refractivity contribution is -0.117. The third-order valence-corrected chi connectivity index (χ3v) is 2.03. The molecule has 13 heavy (non-hydrogen) atoms. The van der Waals surface area contributed by atoms with Crippen molar-refractivity contribution >= 4 is 13.0 Å². The highest BCUT2D eigenvalue weighted by atomic mass is 16.4. The highest BCUT2D eigenvalue weighted by Crippen LogP contribution is 2.18. The number of carbonyl (C=O) groups is 1. The summed E-state index contributed by atoms with van der Waals surface area (Å²) >= 11 is 0. The molecule has 0 aromatic heterocycles. The van der Waals surface area contributed by atoms with E-state index in [1.807, 2.05) is 0 Å². The highest BCUT2D eigenvalue weighted by molar-refractivity contribution is 6.50. The SMILES string of the molecule is CNC(=O)C1=CC=C(B(O)O)CC1. The molecule has 0 aromatic carbocycles. The predicted molar refractivity (Wildman–Crippen MR) is 49.7 cm³/mol. The normalized spacial score (nSPS) is 15.9. The summed E-state index contributed by atoms with van der Waals surface area (Å²) in [4.78, 5) is 11.1. The number of nitrogens with one attached hydrogen (secondary N) is 1. The fraction of sp³-hybridized carbons (Fsp3) is 0.375. The molecule has 1 amide bonds. The molecule has 0 spiro atoms. The van der Waals surface area contributed by atoms with Crippen LogP contribution in [0.5, 0.6) is 0 Å². The summed E-state index contributed by atoms with van der Waals surface area (Å²) in [5.74, 6) is -0.109. The van der Waals surface area contributed by atoms with E-state index in [2.05, 4.69) is 5.32 Å². The smallest absolute Gasteiger partial charge is 0.423 e. The fourth-order valence-corrected chi connectivity index (χ4v) is 1.22. The van der Waals surface area contributed by atoms with Crippen LogP contribution < -0.4 is 5.32 Å². The van der Waals surface area contributed by atoms with Gasteiger partial charge < -0.3 is 15.4 Å². The van der Waals surface area contributed by atoms with Crippen LogP contribution in [0.25, 0.3) is 0 Å². The van der Waals surface area contributed by atoms with Gasteiger partial charge in [-0.3, -0.25) is 4.79 Å². The monoisotopic (exact) mass is 181 g/mol. The molecule has 3 N–H and O–H groups in total. The van der Waals surface area contributed by atoms with Gasteiger partial charge in [0.1, 0.15) is 0 Å². The summed E-state index contributed by atoms with van der Waals surface area (Å²) < 4.78 is 0. The second-order valence-corrected chi connectivity index (χ2v) is 2.89. The standard InChI is InChI=1S/C8H12BNO3/c1-10-8(11)6-2-4-7(5-3-6)9(12)13/h2,4,12-13H,3,5H2,1H3,(H,10,11). The summed E-state index contributed by atoms with van der Waals surface area (Å²) in [5, 5.41) is 20.2. The van der Waals surface area contributed by atoms with Crippen molar-refractivity contribution in [3.63, 3.8) is 0 Å². The van der Waals surface area contributed by atoms with Crippen molar-refractivity contribution in [1.29, 1.82) is 0 Å². The highest BCUT2D eigenvalue weighted by Gasteiger charge is 2.19. The summed E-state index contributed by atoms with van der Waals surface area (Å²) in [7, 11) is 0.172. The quantitative estimate of drug-likeness (QED) is 0.497. The van der Waals surface area contributed by atoms with Crippen LogP contribution in [0.4, 0.5) is 0 Å². The number of hydrogen-bond acceptors (Lipinski definition) is 3. The Labute approximate surface area is 77.1 Å². The van der Waals surface area contributed by atoms with Gasteiger partial charge in [-0.05, 0) is 18.3 Å². The lowest BCUT2D eigenvalue weighted by Gasteiger charge is -2.12. The van der Waals surface area contributed by atoms with Crippen molar-refractivity contribution in [2.45, 2.75) is 12.8 Å². The minimum atomic E-state index is -1.40. The minimum absolute atomic E-state index is 0.109. The van der Waals surface area contributed by atoms with E-state index in [0.29, 0.717) is 23.9 Å². The summed E-state index contributed by atoms with van der Waals surface area (Å²) in [5.41, 5.74) is 1.22. The Morgan fingerprint density at radius 2 is 2.15 bits per heavy atom. The van der Waals surface area contributed by atoms with Crippen LogP contribution in [-0.2, 0) is 4.79 Å². The van der Waals surface area contributed by atoms with Gasteiger partial charge in [-0.1, -0.05) is 12.2 Å². The van der Waals surface area contributed by atoms with Crippen LogP contribution >= 0.6 is 0 Å². The molecule has 1 aliphatic carbocycles. The van der Waals surface area contributed by atoms with Crippen LogP contribution in [0.15, 0.2) is 23.2 Å². The Morgan fingerprint density at radius 1 is 1.46 bits per heavy atom. The van der Waals surface area contributed by atoms with Crippen LogP contribution in [0, 0.1) is 0 Å².